The fourth-order valence-electron chi connectivity index (χ4n) is 2.21. The Bertz CT molecular complexity index is 658. The number of benzene rings is 2. The van der Waals surface area contributed by atoms with Gasteiger partial charge in [0.2, 0.25) is 0 Å². The summed E-state index contributed by atoms with van der Waals surface area (Å²) in [6.07, 6.45) is 0. The molecule has 2 aromatic rings. The number of rotatable bonds is 9. The summed E-state index contributed by atoms with van der Waals surface area (Å²) in [4.78, 5) is 11.0. The first-order valence-electron chi connectivity index (χ1n) is 7.99. The summed E-state index contributed by atoms with van der Waals surface area (Å²) >= 11 is 0. The second kappa shape index (κ2) is 8.93. The molecule has 5 nitrogen and oxygen atoms in total. The fraction of sp³-hybridized carbons (Fsp3) is 0.316. The zero-order chi connectivity index (χ0) is 17.4. The van der Waals surface area contributed by atoms with Crippen molar-refractivity contribution in [1.82, 2.24) is 5.32 Å². The maximum atomic E-state index is 11.0. The van der Waals surface area contributed by atoms with Gasteiger partial charge in [-0.25, -0.2) is 0 Å². The lowest BCUT2D eigenvalue weighted by molar-refractivity contribution is -0.139. The molecule has 0 aliphatic carbocycles. The Morgan fingerprint density at radius 3 is 2.54 bits per heavy atom. The molecule has 0 aliphatic heterocycles. The molecule has 2 N–H and O–H groups in total. The highest BCUT2D eigenvalue weighted by atomic mass is 16.5. The number of hydrogen-bond acceptors (Lipinski definition) is 4. The van der Waals surface area contributed by atoms with Crippen LogP contribution in [0.15, 0.2) is 48.5 Å². The van der Waals surface area contributed by atoms with Crippen LogP contribution in [0.5, 0.6) is 11.5 Å². The van der Waals surface area contributed by atoms with Crippen molar-refractivity contribution in [3.05, 3.63) is 59.7 Å². The smallest absolute Gasteiger partial charge is 0.320 e. The minimum absolute atomic E-state index is 0.387. The van der Waals surface area contributed by atoms with E-state index in [1.807, 2.05) is 55.5 Å². The molecule has 24 heavy (non-hydrogen) atoms. The van der Waals surface area contributed by atoms with Gasteiger partial charge in [-0.15, -0.1) is 0 Å². The first kappa shape index (κ1) is 17.8. The lowest BCUT2D eigenvalue weighted by Gasteiger charge is -2.17. The number of aliphatic carboxylic acids is 1. The standard InChI is InChI=1S/C19H23NO4/c1-3-23-17-11-7-10-16(12-20-14(2)19(21)22)18(17)24-13-15-8-5-4-6-9-15/h4-11,14,20H,3,12-13H2,1-2H3,(H,21,22). The summed E-state index contributed by atoms with van der Waals surface area (Å²) in [7, 11) is 0. The van der Waals surface area contributed by atoms with Crippen LogP contribution in [0.1, 0.15) is 25.0 Å². The van der Waals surface area contributed by atoms with E-state index in [1.165, 1.54) is 0 Å². The van der Waals surface area contributed by atoms with Crippen LogP contribution in [-0.2, 0) is 17.9 Å². The van der Waals surface area contributed by atoms with E-state index in [4.69, 9.17) is 14.6 Å². The largest absolute Gasteiger partial charge is 0.490 e. The number of carboxylic acids is 1. The molecular weight excluding hydrogens is 306 g/mol. The number of nitrogens with one attached hydrogen (secondary N) is 1. The molecular formula is C19H23NO4. The average molecular weight is 329 g/mol. The third-order valence-electron chi connectivity index (χ3n) is 3.56. The SMILES string of the molecule is CCOc1cccc(CNC(C)C(=O)O)c1OCc1ccccc1. The van der Waals surface area contributed by atoms with Gasteiger partial charge < -0.3 is 19.9 Å². The summed E-state index contributed by atoms with van der Waals surface area (Å²) in [6.45, 7) is 4.87. The highest BCUT2D eigenvalue weighted by Gasteiger charge is 2.14. The maximum Gasteiger partial charge on any atom is 0.320 e. The number of hydrogen-bond donors (Lipinski definition) is 2. The number of carboxylic acid groups (broad SMARTS) is 1. The zero-order valence-corrected chi connectivity index (χ0v) is 14.0. The molecule has 5 heteroatoms. The Kier molecular flexibility index (Phi) is 6.63. The molecule has 0 radical (unpaired) electrons. The van der Waals surface area contributed by atoms with Crippen LogP contribution in [0.3, 0.4) is 0 Å². The molecule has 0 amide bonds. The molecule has 0 spiro atoms. The monoisotopic (exact) mass is 329 g/mol. The molecule has 2 aromatic carbocycles. The third kappa shape index (κ3) is 4.99. The Hall–Kier alpha value is -2.53. The van der Waals surface area contributed by atoms with Gasteiger partial charge in [0.05, 0.1) is 6.61 Å². The molecule has 2 rings (SSSR count). The summed E-state index contributed by atoms with van der Waals surface area (Å²) < 4.78 is 11.6. The minimum Gasteiger partial charge on any atom is -0.490 e. The molecule has 128 valence electrons. The second-order valence-electron chi connectivity index (χ2n) is 5.39. The van der Waals surface area contributed by atoms with E-state index in [0.29, 0.717) is 31.3 Å². The van der Waals surface area contributed by atoms with Crippen molar-refractivity contribution in [1.29, 1.82) is 0 Å². The van der Waals surface area contributed by atoms with Crippen LogP contribution in [0, 0.1) is 0 Å². The van der Waals surface area contributed by atoms with Crippen LogP contribution < -0.4 is 14.8 Å². The molecule has 0 bridgehead atoms. The average Bonchev–Trinajstić information content (AvgIpc) is 2.59. The van der Waals surface area contributed by atoms with Crippen molar-refractivity contribution >= 4 is 5.97 Å². The van der Waals surface area contributed by atoms with Gasteiger partial charge >= 0.3 is 5.97 Å². The van der Waals surface area contributed by atoms with Crippen molar-refractivity contribution in [2.24, 2.45) is 0 Å². The van der Waals surface area contributed by atoms with Crippen molar-refractivity contribution in [2.75, 3.05) is 6.61 Å². The third-order valence-corrected chi connectivity index (χ3v) is 3.56. The number of ether oxygens (including phenoxy) is 2. The molecule has 1 unspecified atom stereocenters. The Morgan fingerprint density at radius 1 is 1.12 bits per heavy atom. The number of para-hydroxylation sites is 1. The van der Waals surface area contributed by atoms with Crippen molar-refractivity contribution < 1.29 is 19.4 Å². The van der Waals surface area contributed by atoms with Gasteiger partial charge in [-0.1, -0.05) is 42.5 Å². The van der Waals surface area contributed by atoms with Gasteiger partial charge in [0.1, 0.15) is 12.6 Å². The Morgan fingerprint density at radius 2 is 1.88 bits per heavy atom. The highest BCUT2D eigenvalue weighted by Crippen LogP contribution is 2.32. The molecule has 0 aromatic heterocycles. The quantitative estimate of drug-likeness (QED) is 0.739. The van der Waals surface area contributed by atoms with Gasteiger partial charge in [0.15, 0.2) is 11.5 Å². The van der Waals surface area contributed by atoms with E-state index in [9.17, 15) is 4.79 Å². The lowest BCUT2D eigenvalue weighted by Crippen LogP contribution is -2.33. The summed E-state index contributed by atoms with van der Waals surface area (Å²) in [5.41, 5.74) is 1.92. The van der Waals surface area contributed by atoms with Crippen LogP contribution >= 0.6 is 0 Å². The van der Waals surface area contributed by atoms with Crippen LogP contribution in [0.25, 0.3) is 0 Å². The van der Waals surface area contributed by atoms with E-state index in [1.54, 1.807) is 6.92 Å². The molecule has 0 fully saturated rings. The van der Waals surface area contributed by atoms with E-state index in [-0.39, 0.29) is 0 Å². The van der Waals surface area contributed by atoms with Gasteiger partial charge in [-0.3, -0.25) is 4.79 Å². The summed E-state index contributed by atoms with van der Waals surface area (Å²) in [5.74, 6) is 0.423. The van der Waals surface area contributed by atoms with Crippen LogP contribution in [0.4, 0.5) is 0 Å². The first-order chi connectivity index (χ1) is 11.6. The van der Waals surface area contributed by atoms with Crippen molar-refractivity contribution in [3.8, 4) is 11.5 Å². The Balaban J connectivity index is 2.16. The topological polar surface area (TPSA) is 67.8 Å². The summed E-state index contributed by atoms with van der Waals surface area (Å²) in [6, 6.07) is 14.9. The number of carbonyl (C=O) groups is 1. The molecule has 0 saturated heterocycles. The normalized spacial score (nSPS) is 11.8. The van der Waals surface area contributed by atoms with Gasteiger partial charge in [-0.2, -0.15) is 0 Å². The zero-order valence-electron chi connectivity index (χ0n) is 14.0. The first-order valence-corrected chi connectivity index (χ1v) is 7.99. The predicted octanol–water partition coefficient (Wildman–Crippen LogP) is 3.23. The van der Waals surface area contributed by atoms with E-state index in [2.05, 4.69) is 5.32 Å². The molecule has 0 saturated carbocycles. The molecule has 0 heterocycles. The van der Waals surface area contributed by atoms with Gasteiger partial charge in [0, 0.05) is 12.1 Å². The van der Waals surface area contributed by atoms with Gasteiger partial charge in [-0.05, 0) is 25.5 Å². The van der Waals surface area contributed by atoms with E-state index < -0.39 is 12.0 Å². The lowest BCUT2D eigenvalue weighted by atomic mass is 10.1. The van der Waals surface area contributed by atoms with Gasteiger partial charge in [0.25, 0.3) is 0 Å². The second-order valence-corrected chi connectivity index (χ2v) is 5.39. The molecule has 1 atom stereocenters. The highest BCUT2D eigenvalue weighted by molar-refractivity contribution is 5.72. The van der Waals surface area contributed by atoms with E-state index >= 15 is 0 Å². The summed E-state index contributed by atoms with van der Waals surface area (Å²) in [5, 5.41) is 12.0. The van der Waals surface area contributed by atoms with Crippen LogP contribution in [-0.4, -0.2) is 23.7 Å². The minimum atomic E-state index is -0.886. The molecule has 0 aliphatic rings. The predicted molar refractivity (Wildman–Crippen MR) is 92.3 cm³/mol. The van der Waals surface area contributed by atoms with Crippen molar-refractivity contribution in [3.63, 3.8) is 0 Å². The maximum absolute atomic E-state index is 11.0. The Labute approximate surface area is 142 Å². The van der Waals surface area contributed by atoms with E-state index in [0.717, 1.165) is 11.1 Å². The fourth-order valence-corrected chi connectivity index (χ4v) is 2.21. The van der Waals surface area contributed by atoms with Crippen LogP contribution in [0.2, 0.25) is 0 Å². The van der Waals surface area contributed by atoms with Crippen molar-refractivity contribution in [2.45, 2.75) is 33.0 Å².